The highest BCUT2D eigenvalue weighted by Gasteiger charge is 2.30. The molecule has 104 valence electrons. The molecule has 2 rings (SSSR count). The third kappa shape index (κ3) is 3.16. The molecule has 0 N–H and O–H groups in total. The lowest BCUT2D eigenvalue weighted by Gasteiger charge is -2.35. The van der Waals surface area contributed by atoms with Gasteiger partial charge < -0.3 is 14.1 Å². The lowest BCUT2D eigenvalue weighted by Crippen LogP contribution is -2.44. The van der Waals surface area contributed by atoms with Gasteiger partial charge in [0, 0.05) is 12.6 Å². The normalized spacial score (nSPS) is 19.3. The summed E-state index contributed by atoms with van der Waals surface area (Å²) in [7, 11) is 1.37. The number of piperidine rings is 1. The maximum Gasteiger partial charge on any atom is 0.307 e. The van der Waals surface area contributed by atoms with Crippen LogP contribution in [0, 0.1) is 6.92 Å². The fourth-order valence-corrected chi connectivity index (χ4v) is 2.48. The molecule has 0 bridgehead atoms. The molecule has 1 aliphatic heterocycles. The second-order valence-electron chi connectivity index (χ2n) is 4.87. The number of likely N-dealkylation sites (tertiary alicyclic amines) is 1. The Balaban J connectivity index is 2.10. The van der Waals surface area contributed by atoms with Gasteiger partial charge in [-0.1, -0.05) is 0 Å². The number of hydrogen-bond acceptors (Lipinski definition) is 4. The molecule has 0 radical (unpaired) electrons. The van der Waals surface area contributed by atoms with Crippen LogP contribution in [0.2, 0.25) is 0 Å². The molecule has 1 fully saturated rings. The zero-order chi connectivity index (χ0) is 13.8. The topological polar surface area (TPSA) is 59.8 Å². The largest absolute Gasteiger partial charge is 0.469 e. The van der Waals surface area contributed by atoms with E-state index in [9.17, 15) is 9.59 Å². The molecular weight excluding hydrogens is 246 g/mol. The van der Waals surface area contributed by atoms with Crippen molar-refractivity contribution in [3.05, 3.63) is 23.7 Å². The molecule has 5 nitrogen and oxygen atoms in total. The van der Waals surface area contributed by atoms with Crippen molar-refractivity contribution in [2.75, 3.05) is 13.7 Å². The SMILES string of the molecule is COC(=O)CC1CCCCN1C(=O)c1coc(C)c1. The summed E-state index contributed by atoms with van der Waals surface area (Å²) in [4.78, 5) is 25.6. The molecule has 1 aromatic heterocycles. The number of amides is 1. The van der Waals surface area contributed by atoms with Crippen molar-refractivity contribution in [3.63, 3.8) is 0 Å². The van der Waals surface area contributed by atoms with Gasteiger partial charge in [0.2, 0.25) is 0 Å². The number of esters is 1. The van der Waals surface area contributed by atoms with E-state index in [0.717, 1.165) is 19.3 Å². The van der Waals surface area contributed by atoms with Crippen molar-refractivity contribution in [1.82, 2.24) is 4.90 Å². The summed E-state index contributed by atoms with van der Waals surface area (Å²) >= 11 is 0. The first-order chi connectivity index (χ1) is 9.11. The third-order valence-electron chi connectivity index (χ3n) is 3.50. The van der Waals surface area contributed by atoms with Crippen molar-refractivity contribution in [2.45, 2.75) is 38.6 Å². The van der Waals surface area contributed by atoms with E-state index in [0.29, 0.717) is 17.9 Å². The summed E-state index contributed by atoms with van der Waals surface area (Å²) in [6.45, 7) is 2.49. The second kappa shape index (κ2) is 5.91. The van der Waals surface area contributed by atoms with Crippen molar-refractivity contribution < 1.29 is 18.7 Å². The van der Waals surface area contributed by atoms with Gasteiger partial charge in [-0.3, -0.25) is 9.59 Å². The van der Waals surface area contributed by atoms with Gasteiger partial charge in [-0.2, -0.15) is 0 Å². The molecule has 19 heavy (non-hydrogen) atoms. The van der Waals surface area contributed by atoms with Crippen LogP contribution < -0.4 is 0 Å². The predicted molar refractivity (Wildman–Crippen MR) is 68.8 cm³/mol. The average Bonchev–Trinajstić information content (AvgIpc) is 2.85. The van der Waals surface area contributed by atoms with Gasteiger partial charge in [0.05, 0.1) is 19.1 Å². The number of hydrogen-bond donors (Lipinski definition) is 0. The number of carbonyl (C=O) groups excluding carboxylic acids is 2. The molecule has 1 unspecified atom stereocenters. The minimum atomic E-state index is -0.270. The molecule has 1 saturated heterocycles. The van der Waals surface area contributed by atoms with Crippen LogP contribution in [0.4, 0.5) is 0 Å². The van der Waals surface area contributed by atoms with Crippen molar-refractivity contribution in [3.8, 4) is 0 Å². The molecule has 5 heteroatoms. The first kappa shape index (κ1) is 13.6. The molecular formula is C14H19NO4. The Morgan fingerprint density at radius 2 is 2.26 bits per heavy atom. The van der Waals surface area contributed by atoms with E-state index in [1.807, 2.05) is 0 Å². The van der Waals surface area contributed by atoms with Gasteiger partial charge >= 0.3 is 5.97 Å². The first-order valence-corrected chi connectivity index (χ1v) is 6.54. The van der Waals surface area contributed by atoms with Crippen LogP contribution in [-0.4, -0.2) is 36.5 Å². The lowest BCUT2D eigenvalue weighted by atomic mass is 9.98. The van der Waals surface area contributed by atoms with Gasteiger partial charge in [0.25, 0.3) is 5.91 Å². The van der Waals surface area contributed by atoms with Gasteiger partial charge in [0.15, 0.2) is 0 Å². The number of aryl methyl sites for hydroxylation is 1. The molecule has 0 aromatic carbocycles. The van der Waals surface area contributed by atoms with Gasteiger partial charge in [-0.15, -0.1) is 0 Å². The van der Waals surface area contributed by atoms with E-state index >= 15 is 0 Å². The smallest absolute Gasteiger partial charge is 0.307 e. The van der Waals surface area contributed by atoms with E-state index in [1.54, 1.807) is 17.9 Å². The van der Waals surface area contributed by atoms with Crippen LogP contribution in [-0.2, 0) is 9.53 Å². The standard InChI is InChI=1S/C14H19NO4/c1-10-7-11(9-19-10)14(17)15-6-4-3-5-12(15)8-13(16)18-2/h7,9,12H,3-6,8H2,1-2H3. The Kier molecular flexibility index (Phi) is 4.24. The summed E-state index contributed by atoms with van der Waals surface area (Å²) < 4.78 is 9.87. The molecule has 0 saturated carbocycles. The number of nitrogens with zero attached hydrogens (tertiary/aromatic N) is 1. The second-order valence-corrected chi connectivity index (χ2v) is 4.87. The number of rotatable bonds is 3. The van der Waals surface area contributed by atoms with Crippen molar-refractivity contribution in [1.29, 1.82) is 0 Å². The van der Waals surface area contributed by atoms with E-state index in [2.05, 4.69) is 0 Å². The Labute approximate surface area is 112 Å². The Morgan fingerprint density at radius 1 is 1.47 bits per heavy atom. The van der Waals surface area contributed by atoms with Crippen LogP contribution in [0.5, 0.6) is 0 Å². The molecule has 0 spiro atoms. The molecule has 1 aliphatic rings. The number of carbonyl (C=O) groups is 2. The first-order valence-electron chi connectivity index (χ1n) is 6.54. The van der Waals surface area contributed by atoms with E-state index in [4.69, 9.17) is 9.15 Å². The summed E-state index contributed by atoms with van der Waals surface area (Å²) in [6, 6.07) is 1.66. The van der Waals surface area contributed by atoms with Gasteiger partial charge in [-0.25, -0.2) is 0 Å². The van der Waals surface area contributed by atoms with Crippen LogP contribution in [0.15, 0.2) is 16.7 Å². The fraction of sp³-hybridized carbons (Fsp3) is 0.571. The van der Waals surface area contributed by atoms with Crippen LogP contribution >= 0.6 is 0 Å². The minimum absolute atomic E-state index is 0.0644. The van der Waals surface area contributed by atoms with Crippen LogP contribution in [0.25, 0.3) is 0 Å². The Bertz CT molecular complexity index is 466. The Morgan fingerprint density at radius 3 is 2.89 bits per heavy atom. The summed E-state index contributed by atoms with van der Waals surface area (Å²) in [5.41, 5.74) is 0.550. The average molecular weight is 265 g/mol. The third-order valence-corrected chi connectivity index (χ3v) is 3.50. The van der Waals surface area contributed by atoms with Crippen molar-refractivity contribution in [2.24, 2.45) is 0 Å². The Hall–Kier alpha value is -1.78. The predicted octanol–water partition coefficient (Wildman–Crippen LogP) is 2.15. The number of furan rings is 1. The van der Waals surface area contributed by atoms with Crippen LogP contribution in [0.3, 0.4) is 0 Å². The molecule has 1 amide bonds. The monoisotopic (exact) mass is 265 g/mol. The van der Waals surface area contributed by atoms with Gasteiger partial charge in [-0.05, 0) is 32.3 Å². The number of ether oxygens (including phenoxy) is 1. The van der Waals surface area contributed by atoms with Crippen LogP contribution in [0.1, 0.15) is 41.8 Å². The van der Waals surface area contributed by atoms with Crippen molar-refractivity contribution >= 4 is 11.9 Å². The zero-order valence-corrected chi connectivity index (χ0v) is 11.3. The maximum atomic E-state index is 12.4. The summed E-state index contributed by atoms with van der Waals surface area (Å²) in [5.74, 6) is 0.378. The highest BCUT2D eigenvalue weighted by Crippen LogP contribution is 2.23. The molecule has 1 aromatic rings. The maximum absolute atomic E-state index is 12.4. The van der Waals surface area contributed by atoms with E-state index < -0.39 is 0 Å². The lowest BCUT2D eigenvalue weighted by molar-refractivity contribution is -0.142. The zero-order valence-electron chi connectivity index (χ0n) is 11.3. The molecule has 1 atom stereocenters. The highest BCUT2D eigenvalue weighted by atomic mass is 16.5. The van der Waals surface area contributed by atoms with Gasteiger partial charge in [0.1, 0.15) is 12.0 Å². The molecule has 0 aliphatic carbocycles. The molecule has 2 heterocycles. The number of methoxy groups -OCH3 is 1. The summed E-state index contributed by atoms with van der Waals surface area (Å²) in [5, 5.41) is 0. The van der Waals surface area contributed by atoms with E-state index in [-0.39, 0.29) is 24.3 Å². The van der Waals surface area contributed by atoms with E-state index in [1.165, 1.54) is 13.4 Å². The highest BCUT2D eigenvalue weighted by molar-refractivity contribution is 5.94. The fourth-order valence-electron chi connectivity index (χ4n) is 2.48. The minimum Gasteiger partial charge on any atom is -0.469 e. The summed E-state index contributed by atoms with van der Waals surface area (Å²) in [6.07, 6.45) is 4.59. The quantitative estimate of drug-likeness (QED) is 0.786.